The lowest BCUT2D eigenvalue weighted by Crippen LogP contribution is -2.39. The number of carbonyl (C=O) groups is 2. The predicted molar refractivity (Wildman–Crippen MR) is 119 cm³/mol. The van der Waals surface area contributed by atoms with Crippen molar-refractivity contribution >= 4 is 39.3 Å². The highest BCUT2D eigenvalue weighted by Crippen LogP contribution is 2.44. The van der Waals surface area contributed by atoms with Gasteiger partial charge in [0.2, 0.25) is 5.91 Å². The Kier molecular flexibility index (Phi) is 3.63. The first-order valence-electron chi connectivity index (χ1n) is 10.3. The number of nitrogens with zero attached hydrogens (tertiary/aromatic N) is 1. The van der Waals surface area contributed by atoms with E-state index in [-0.39, 0.29) is 17.2 Å². The van der Waals surface area contributed by atoms with E-state index in [9.17, 15) is 14.4 Å². The normalized spacial score (nSPS) is 19.9. The molecule has 2 N–H and O–H groups in total. The summed E-state index contributed by atoms with van der Waals surface area (Å²) in [6, 6.07) is 20.2. The fraction of sp³-hybridized carbons (Fsp3) is 0.160. The highest BCUT2D eigenvalue weighted by Gasteiger charge is 2.51. The molecule has 3 heterocycles. The molecule has 0 radical (unpaired) electrons. The highest BCUT2D eigenvalue weighted by molar-refractivity contribution is 6.08. The fourth-order valence-corrected chi connectivity index (χ4v) is 5.00. The summed E-state index contributed by atoms with van der Waals surface area (Å²) < 4.78 is 0. The van der Waals surface area contributed by atoms with Gasteiger partial charge in [-0.15, -0.1) is 0 Å². The van der Waals surface area contributed by atoms with Crippen molar-refractivity contribution in [1.82, 2.24) is 9.88 Å². The second kappa shape index (κ2) is 6.28. The summed E-state index contributed by atoms with van der Waals surface area (Å²) in [5.74, 6) is -0.214. The predicted octanol–water partition coefficient (Wildman–Crippen LogP) is 3.42. The van der Waals surface area contributed by atoms with Crippen LogP contribution in [0.3, 0.4) is 0 Å². The van der Waals surface area contributed by atoms with Gasteiger partial charge in [0.15, 0.2) is 5.43 Å². The van der Waals surface area contributed by atoms with Crippen LogP contribution in [0.15, 0.2) is 71.5 Å². The molecular weight excluding hydrogens is 390 g/mol. The van der Waals surface area contributed by atoms with Crippen LogP contribution in [0.2, 0.25) is 0 Å². The van der Waals surface area contributed by atoms with E-state index in [2.05, 4.69) is 10.3 Å². The number of hydrogen-bond donors (Lipinski definition) is 2. The lowest BCUT2D eigenvalue weighted by atomic mass is 9.81. The van der Waals surface area contributed by atoms with Crippen LogP contribution < -0.4 is 10.7 Å². The summed E-state index contributed by atoms with van der Waals surface area (Å²) in [5.41, 5.74) is 2.91. The maximum absolute atomic E-state index is 13.3. The van der Waals surface area contributed by atoms with E-state index in [0.717, 1.165) is 16.8 Å². The van der Waals surface area contributed by atoms with Gasteiger partial charge >= 0.3 is 0 Å². The largest absolute Gasteiger partial charge is 0.354 e. The van der Waals surface area contributed by atoms with Crippen molar-refractivity contribution in [1.29, 1.82) is 0 Å². The van der Waals surface area contributed by atoms with Crippen LogP contribution in [-0.4, -0.2) is 34.8 Å². The molecular formula is C25H19N3O3. The Morgan fingerprint density at radius 3 is 2.58 bits per heavy atom. The number of aromatic amines is 1. The second-order valence-corrected chi connectivity index (χ2v) is 8.32. The summed E-state index contributed by atoms with van der Waals surface area (Å²) in [6.45, 7) is 0.827. The molecule has 1 aromatic heterocycles. The number of pyridine rings is 1. The van der Waals surface area contributed by atoms with Crippen LogP contribution in [0.4, 0.5) is 5.69 Å². The Morgan fingerprint density at radius 1 is 0.903 bits per heavy atom. The maximum atomic E-state index is 13.3. The molecule has 2 aliphatic heterocycles. The van der Waals surface area contributed by atoms with Gasteiger partial charge in [0.05, 0.1) is 5.41 Å². The third-order valence-electron chi connectivity index (χ3n) is 6.63. The number of H-pyrrole nitrogens is 1. The highest BCUT2D eigenvalue weighted by atomic mass is 16.2. The summed E-state index contributed by atoms with van der Waals surface area (Å²) in [5, 5.41) is 4.04. The quantitative estimate of drug-likeness (QED) is 0.473. The molecule has 1 spiro atoms. The van der Waals surface area contributed by atoms with E-state index in [1.807, 2.05) is 42.5 Å². The van der Waals surface area contributed by atoms with Crippen molar-refractivity contribution in [3.05, 3.63) is 88.1 Å². The van der Waals surface area contributed by atoms with E-state index >= 15 is 0 Å². The Bertz CT molecular complexity index is 1470. The van der Waals surface area contributed by atoms with Crippen molar-refractivity contribution in [2.45, 2.75) is 11.8 Å². The molecule has 4 aromatic rings. The fourth-order valence-electron chi connectivity index (χ4n) is 5.00. The molecule has 2 amide bonds. The molecule has 1 saturated heterocycles. The van der Waals surface area contributed by atoms with Gasteiger partial charge < -0.3 is 15.2 Å². The first kappa shape index (κ1) is 17.9. The number of carbonyl (C=O) groups excluding carboxylic acids is 2. The molecule has 31 heavy (non-hydrogen) atoms. The van der Waals surface area contributed by atoms with Gasteiger partial charge in [-0.1, -0.05) is 30.3 Å². The number of benzene rings is 3. The Hall–Kier alpha value is -3.93. The minimum atomic E-state index is -0.698. The van der Waals surface area contributed by atoms with Crippen LogP contribution in [-0.2, 0) is 10.2 Å². The molecule has 0 aliphatic carbocycles. The third-order valence-corrected chi connectivity index (χ3v) is 6.63. The molecule has 3 aromatic carbocycles. The number of hydrogen-bond acceptors (Lipinski definition) is 3. The van der Waals surface area contributed by atoms with E-state index in [4.69, 9.17) is 0 Å². The van der Waals surface area contributed by atoms with Gasteiger partial charge in [0.1, 0.15) is 0 Å². The SMILES string of the molecule is O=C(c1ccc2[nH]c3ccccc3c(=O)c2c1)N1CCC2(C1)C(=O)Nc1ccccc12. The minimum Gasteiger partial charge on any atom is -0.354 e. The lowest BCUT2D eigenvalue weighted by molar-refractivity contribution is -0.120. The molecule has 1 atom stereocenters. The smallest absolute Gasteiger partial charge is 0.253 e. The average molecular weight is 409 g/mol. The van der Waals surface area contributed by atoms with E-state index < -0.39 is 5.41 Å². The lowest BCUT2D eigenvalue weighted by Gasteiger charge is -2.22. The van der Waals surface area contributed by atoms with Crippen LogP contribution in [0.5, 0.6) is 0 Å². The monoisotopic (exact) mass is 409 g/mol. The second-order valence-electron chi connectivity index (χ2n) is 8.32. The Labute approximate surface area is 177 Å². The molecule has 1 unspecified atom stereocenters. The van der Waals surface area contributed by atoms with Crippen LogP contribution >= 0.6 is 0 Å². The standard InChI is InChI=1S/C25H19N3O3/c29-22-16-5-1-3-7-19(16)26-20-10-9-15(13-17(20)22)23(30)28-12-11-25(14-28)18-6-2-4-8-21(18)27-24(25)31/h1-10,13H,11-12,14H2,(H,26,29)(H,27,31). The Balaban J connectivity index is 1.37. The summed E-state index contributed by atoms with van der Waals surface area (Å²) >= 11 is 0. The van der Waals surface area contributed by atoms with Gasteiger partial charge in [-0.25, -0.2) is 0 Å². The zero-order chi connectivity index (χ0) is 21.2. The van der Waals surface area contributed by atoms with Crippen molar-refractivity contribution in [3.63, 3.8) is 0 Å². The number of rotatable bonds is 1. The Morgan fingerprint density at radius 2 is 1.68 bits per heavy atom. The molecule has 6 nitrogen and oxygen atoms in total. The van der Waals surface area contributed by atoms with Gasteiger partial charge in [0, 0.05) is 46.1 Å². The molecule has 2 aliphatic rings. The van der Waals surface area contributed by atoms with E-state index in [1.54, 1.807) is 29.2 Å². The van der Waals surface area contributed by atoms with Crippen molar-refractivity contribution in [2.75, 3.05) is 18.4 Å². The average Bonchev–Trinajstić information content (AvgIpc) is 3.36. The summed E-state index contributed by atoms with van der Waals surface area (Å²) in [4.78, 5) is 44.1. The zero-order valence-corrected chi connectivity index (χ0v) is 16.6. The number of amides is 2. The molecule has 0 bridgehead atoms. The van der Waals surface area contributed by atoms with Gasteiger partial charge in [-0.05, 0) is 48.4 Å². The number of aromatic nitrogens is 1. The number of nitrogens with one attached hydrogen (secondary N) is 2. The molecule has 1 fully saturated rings. The minimum absolute atomic E-state index is 0.0505. The summed E-state index contributed by atoms with van der Waals surface area (Å²) in [6.07, 6.45) is 0.584. The number of anilines is 1. The summed E-state index contributed by atoms with van der Waals surface area (Å²) in [7, 11) is 0. The number of likely N-dealkylation sites (tertiary alicyclic amines) is 1. The number of para-hydroxylation sites is 2. The van der Waals surface area contributed by atoms with Crippen LogP contribution in [0, 0.1) is 0 Å². The van der Waals surface area contributed by atoms with Crippen molar-refractivity contribution in [2.24, 2.45) is 0 Å². The van der Waals surface area contributed by atoms with Gasteiger partial charge in [0.25, 0.3) is 5.91 Å². The van der Waals surface area contributed by atoms with Crippen LogP contribution in [0.25, 0.3) is 21.8 Å². The molecule has 0 saturated carbocycles. The maximum Gasteiger partial charge on any atom is 0.253 e. The first-order chi connectivity index (χ1) is 15.1. The van der Waals surface area contributed by atoms with E-state index in [0.29, 0.717) is 41.4 Å². The van der Waals surface area contributed by atoms with Gasteiger partial charge in [-0.3, -0.25) is 14.4 Å². The molecule has 6 rings (SSSR count). The molecule has 152 valence electrons. The third kappa shape index (κ3) is 2.48. The number of fused-ring (bicyclic) bond motifs is 4. The van der Waals surface area contributed by atoms with Crippen molar-refractivity contribution < 1.29 is 9.59 Å². The molecule has 6 heteroatoms. The zero-order valence-electron chi connectivity index (χ0n) is 16.6. The van der Waals surface area contributed by atoms with Crippen molar-refractivity contribution in [3.8, 4) is 0 Å². The van der Waals surface area contributed by atoms with Gasteiger partial charge in [-0.2, -0.15) is 0 Å². The first-order valence-corrected chi connectivity index (χ1v) is 10.3. The van der Waals surface area contributed by atoms with E-state index in [1.165, 1.54) is 0 Å². The topological polar surface area (TPSA) is 82.3 Å². The van der Waals surface area contributed by atoms with Crippen LogP contribution in [0.1, 0.15) is 22.3 Å².